The molecule has 0 saturated carbocycles. The van der Waals surface area contributed by atoms with Crippen LogP contribution < -0.4 is 0 Å². The van der Waals surface area contributed by atoms with E-state index in [2.05, 4.69) is 0 Å². The molecule has 1 unspecified atom stereocenters. The zero-order valence-electron chi connectivity index (χ0n) is 9.33. The molecule has 0 aliphatic carbocycles. The number of amides is 1. The monoisotopic (exact) mass is 209 g/mol. The van der Waals surface area contributed by atoms with Crippen LogP contribution in [0.3, 0.4) is 0 Å². The fourth-order valence-electron chi connectivity index (χ4n) is 2.46. The molecular formula is C11H19N3O. The van der Waals surface area contributed by atoms with E-state index in [-0.39, 0.29) is 11.9 Å². The minimum Gasteiger partial charge on any atom is -0.349 e. The molecule has 2 heterocycles. The van der Waals surface area contributed by atoms with Crippen LogP contribution in [0.1, 0.15) is 32.6 Å². The van der Waals surface area contributed by atoms with Crippen LogP contribution in [0, 0.1) is 5.41 Å². The van der Waals surface area contributed by atoms with Gasteiger partial charge in [0.25, 0.3) is 0 Å². The Morgan fingerprint density at radius 1 is 1.27 bits per heavy atom. The number of amidine groups is 1. The summed E-state index contributed by atoms with van der Waals surface area (Å²) >= 11 is 0. The van der Waals surface area contributed by atoms with Crippen molar-refractivity contribution in [1.29, 1.82) is 5.41 Å². The maximum Gasteiger partial charge on any atom is 0.245 e. The van der Waals surface area contributed by atoms with Crippen molar-refractivity contribution in [2.45, 2.75) is 38.6 Å². The molecule has 0 aromatic carbocycles. The summed E-state index contributed by atoms with van der Waals surface area (Å²) in [5.41, 5.74) is 0. The number of nitrogens with one attached hydrogen (secondary N) is 1. The van der Waals surface area contributed by atoms with Gasteiger partial charge in [0.05, 0.1) is 5.84 Å². The van der Waals surface area contributed by atoms with Gasteiger partial charge in [0.2, 0.25) is 5.91 Å². The molecule has 84 valence electrons. The second kappa shape index (κ2) is 4.21. The van der Waals surface area contributed by atoms with E-state index in [1.165, 1.54) is 0 Å². The van der Waals surface area contributed by atoms with Crippen molar-refractivity contribution < 1.29 is 4.79 Å². The zero-order chi connectivity index (χ0) is 10.8. The molecule has 2 rings (SSSR count). The summed E-state index contributed by atoms with van der Waals surface area (Å²) in [5, 5.41) is 7.76. The van der Waals surface area contributed by atoms with Crippen LogP contribution in [-0.4, -0.2) is 47.2 Å². The van der Waals surface area contributed by atoms with Crippen molar-refractivity contribution in [3.05, 3.63) is 0 Å². The number of carbonyl (C=O) groups is 1. The highest BCUT2D eigenvalue weighted by atomic mass is 16.2. The Balaban J connectivity index is 1.97. The molecule has 1 atom stereocenters. The topological polar surface area (TPSA) is 47.4 Å². The Bertz CT molecular complexity index is 271. The normalized spacial score (nSPS) is 23.7. The lowest BCUT2D eigenvalue weighted by Gasteiger charge is -2.28. The molecule has 2 aliphatic heterocycles. The summed E-state index contributed by atoms with van der Waals surface area (Å²) in [6.07, 6.45) is 4.12. The molecule has 4 nitrogen and oxygen atoms in total. The highest BCUT2D eigenvalue weighted by molar-refractivity contribution is 5.89. The quantitative estimate of drug-likeness (QED) is 0.739. The molecule has 0 aromatic heterocycles. The van der Waals surface area contributed by atoms with Crippen LogP contribution in [0.5, 0.6) is 0 Å². The van der Waals surface area contributed by atoms with Crippen molar-refractivity contribution in [1.82, 2.24) is 9.80 Å². The number of carbonyl (C=O) groups excluding carboxylic acids is 1. The number of hydrogen-bond acceptors (Lipinski definition) is 2. The van der Waals surface area contributed by atoms with E-state index >= 15 is 0 Å². The minimum absolute atomic E-state index is 0.127. The predicted octanol–water partition coefficient (Wildman–Crippen LogP) is 1.07. The highest BCUT2D eigenvalue weighted by Gasteiger charge is 2.30. The second-order valence-corrected chi connectivity index (χ2v) is 4.45. The standard InChI is InChI=1S/C11H19N3O/c1-9(14-8-4-5-10(14)12)11(15)13-6-2-3-7-13/h9,12H,2-8H2,1H3. The first-order valence-corrected chi connectivity index (χ1v) is 5.83. The second-order valence-electron chi connectivity index (χ2n) is 4.45. The van der Waals surface area contributed by atoms with Gasteiger partial charge in [0, 0.05) is 26.1 Å². The number of hydrogen-bond donors (Lipinski definition) is 1. The van der Waals surface area contributed by atoms with Gasteiger partial charge in [-0.3, -0.25) is 10.2 Å². The first-order valence-electron chi connectivity index (χ1n) is 5.83. The van der Waals surface area contributed by atoms with Crippen molar-refractivity contribution in [3.8, 4) is 0 Å². The lowest BCUT2D eigenvalue weighted by molar-refractivity contribution is -0.133. The molecule has 0 spiro atoms. The van der Waals surface area contributed by atoms with Crippen LogP contribution in [-0.2, 0) is 4.79 Å². The Hall–Kier alpha value is -1.06. The van der Waals surface area contributed by atoms with Crippen LogP contribution in [0.15, 0.2) is 0 Å². The van der Waals surface area contributed by atoms with Gasteiger partial charge >= 0.3 is 0 Å². The van der Waals surface area contributed by atoms with Gasteiger partial charge < -0.3 is 9.80 Å². The SMILES string of the molecule is CC(C(=O)N1CCCC1)N1CCCC1=N. The van der Waals surface area contributed by atoms with E-state index in [4.69, 9.17) is 5.41 Å². The summed E-state index contributed by atoms with van der Waals surface area (Å²) in [7, 11) is 0. The fraction of sp³-hybridized carbons (Fsp3) is 0.818. The Morgan fingerprint density at radius 2 is 1.93 bits per heavy atom. The summed E-state index contributed by atoms with van der Waals surface area (Å²) in [5.74, 6) is 0.842. The van der Waals surface area contributed by atoms with E-state index in [9.17, 15) is 4.79 Å². The lowest BCUT2D eigenvalue weighted by Crippen LogP contribution is -2.46. The smallest absolute Gasteiger partial charge is 0.245 e. The van der Waals surface area contributed by atoms with Crippen LogP contribution >= 0.6 is 0 Å². The summed E-state index contributed by atoms with van der Waals surface area (Å²) in [6, 6.07) is -0.127. The third-order valence-electron chi connectivity index (χ3n) is 3.40. The summed E-state index contributed by atoms with van der Waals surface area (Å²) in [6.45, 7) is 4.62. The van der Waals surface area contributed by atoms with Crippen molar-refractivity contribution in [2.24, 2.45) is 0 Å². The fourth-order valence-corrected chi connectivity index (χ4v) is 2.46. The largest absolute Gasteiger partial charge is 0.349 e. The first kappa shape index (κ1) is 10.5. The van der Waals surface area contributed by atoms with E-state index < -0.39 is 0 Å². The minimum atomic E-state index is -0.127. The van der Waals surface area contributed by atoms with Crippen LogP contribution in [0.25, 0.3) is 0 Å². The maximum atomic E-state index is 12.1. The van der Waals surface area contributed by atoms with E-state index in [1.54, 1.807) is 0 Å². The molecule has 2 saturated heterocycles. The third kappa shape index (κ3) is 1.98. The molecule has 2 fully saturated rings. The Kier molecular flexibility index (Phi) is 2.93. The predicted molar refractivity (Wildman–Crippen MR) is 58.9 cm³/mol. The average Bonchev–Trinajstić information content (AvgIpc) is 2.85. The Labute approximate surface area is 90.7 Å². The molecule has 0 radical (unpaired) electrons. The van der Waals surface area contributed by atoms with Crippen molar-refractivity contribution in [3.63, 3.8) is 0 Å². The van der Waals surface area contributed by atoms with Crippen LogP contribution in [0.2, 0.25) is 0 Å². The molecule has 0 aromatic rings. The molecule has 15 heavy (non-hydrogen) atoms. The molecule has 2 aliphatic rings. The molecule has 1 amide bonds. The zero-order valence-corrected chi connectivity index (χ0v) is 9.33. The van der Waals surface area contributed by atoms with E-state index in [1.807, 2.05) is 16.7 Å². The van der Waals surface area contributed by atoms with Crippen molar-refractivity contribution >= 4 is 11.7 Å². The average molecular weight is 209 g/mol. The Morgan fingerprint density at radius 3 is 2.47 bits per heavy atom. The summed E-state index contributed by atoms with van der Waals surface area (Å²) < 4.78 is 0. The van der Waals surface area contributed by atoms with E-state index in [0.717, 1.165) is 45.3 Å². The van der Waals surface area contributed by atoms with Gasteiger partial charge in [-0.25, -0.2) is 0 Å². The van der Waals surface area contributed by atoms with Gasteiger partial charge in [-0.05, 0) is 26.2 Å². The number of rotatable bonds is 2. The first-order chi connectivity index (χ1) is 7.20. The maximum absolute atomic E-state index is 12.1. The van der Waals surface area contributed by atoms with E-state index in [0.29, 0.717) is 5.84 Å². The molecule has 4 heteroatoms. The number of likely N-dealkylation sites (tertiary alicyclic amines) is 2. The highest BCUT2D eigenvalue weighted by Crippen LogP contribution is 2.17. The van der Waals surface area contributed by atoms with Crippen LogP contribution in [0.4, 0.5) is 0 Å². The number of nitrogens with zero attached hydrogens (tertiary/aromatic N) is 2. The van der Waals surface area contributed by atoms with Crippen molar-refractivity contribution in [2.75, 3.05) is 19.6 Å². The third-order valence-corrected chi connectivity index (χ3v) is 3.40. The summed E-state index contributed by atoms with van der Waals surface area (Å²) in [4.78, 5) is 16.0. The van der Waals surface area contributed by atoms with Gasteiger partial charge in [-0.2, -0.15) is 0 Å². The molecular weight excluding hydrogens is 190 g/mol. The van der Waals surface area contributed by atoms with Gasteiger partial charge in [-0.15, -0.1) is 0 Å². The van der Waals surface area contributed by atoms with Gasteiger partial charge in [0.15, 0.2) is 0 Å². The van der Waals surface area contributed by atoms with Gasteiger partial charge in [0.1, 0.15) is 6.04 Å². The lowest BCUT2D eigenvalue weighted by atomic mass is 10.2. The van der Waals surface area contributed by atoms with Gasteiger partial charge in [-0.1, -0.05) is 0 Å². The molecule has 1 N–H and O–H groups in total. The molecule has 0 bridgehead atoms.